The Morgan fingerprint density at radius 2 is 2.35 bits per heavy atom. The van der Waals surface area contributed by atoms with E-state index in [0.717, 1.165) is 0 Å². The highest BCUT2D eigenvalue weighted by molar-refractivity contribution is 7.12. The molecule has 2 aromatic rings. The van der Waals surface area contributed by atoms with Gasteiger partial charge in [-0.3, -0.25) is 4.79 Å². The summed E-state index contributed by atoms with van der Waals surface area (Å²) in [5.41, 5.74) is 0.659. The number of thiophene rings is 1. The Balaban J connectivity index is 2.01. The Kier molecular flexibility index (Phi) is 3.72. The maximum Gasteiger partial charge on any atom is 0.265 e. The number of carbonyl (C=O) groups excluding carboxylic acids is 1. The van der Waals surface area contributed by atoms with Crippen molar-refractivity contribution >= 4 is 22.9 Å². The molecule has 5 heteroatoms. The summed E-state index contributed by atoms with van der Waals surface area (Å²) in [7, 11) is 0. The van der Waals surface area contributed by atoms with E-state index in [2.05, 4.69) is 10.3 Å². The molecule has 1 amide bonds. The molecular weight excluding hydrogens is 236 g/mol. The van der Waals surface area contributed by atoms with Crippen molar-refractivity contribution in [2.24, 2.45) is 0 Å². The summed E-state index contributed by atoms with van der Waals surface area (Å²) >= 11 is 1.40. The molecule has 88 valence electrons. The third-order valence-corrected chi connectivity index (χ3v) is 2.90. The van der Waals surface area contributed by atoms with Gasteiger partial charge in [0.1, 0.15) is 0 Å². The van der Waals surface area contributed by atoms with Crippen LogP contribution in [0.25, 0.3) is 0 Å². The Bertz CT molecular complexity index is 480. The van der Waals surface area contributed by atoms with Gasteiger partial charge in [0.15, 0.2) is 0 Å². The van der Waals surface area contributed by atoms with E-state index in [1.165, 1.54) is 11.3 Å². The lowest BCUT2D eigenvalue weighted by molar-refractivity contribution is 0.103. The van der Waals surface area contributed by atoms with Crippen LogP contribution in [0, 0.1) is 0 Å². The minimum Gasteiger partial charge on any atom is -0.478 e. The number of hydrogen-bond donors (Lipinski definition) is 1. The van der Waals surface area contributed by atoms with Gasteiger partial charge in [-0.05, 0) is 24.4 Å². The zero-order valence-corrected chi connectivity index (χ0v) is 10.2. The normalized spacial score (nSPS) is 9.94. The molecule has 0 atom stereocenters. The topological polar surface area (TPSA) is 51.2 Å². The van der Waals surface area contributed by atoms with Crippen LogP contribution in [0.5, 0.6) is 5.88 Å². The van der Waals surface area contributed by atoms with Gasteiger partial charge in [-0.2, -0.15) is 0 Å². The summed E-state index contributed by atoms with van der Waals surface area (Å²) in [6.45, 7) is 2.47. The van der Waals surface area contributed by atoms with Crippen molar-refractivity contribution in [2.45, 2.75) is 6.92 Å². The Hall–Kier alpha value is -1.88. The second-order valence-electron chi connectivity index (χ2n) is 3.25. The van der Waals surface area contributed by atoms with Crippen LogP contribution in [0.15, 0.2) is 35.8 Å². The fourth-order valence-corrected chi connectivity index (χ4v) is 1.91. The summed E-state index contributed by atoms with van der Waals surface area (Å²) < 4.78 is 5.22. The minimum absolute atomic E-state index is 0.119. The smallest absolute Gasteiger partial charge is 0.265 e. The molecule has 0 bridgehead atoms. The molecule has 0 saturated carbocycles. The molecule has 0 unspecified atom stereocenters. The molecule has 0 aliphatic heterocycles. The Labute approximate surface area is 103 Å². The van der Waals surface area contributed by atoms with Gasteiger partial charge in [0.05, 0.1) is 23.4 Å². The van der Waals surface area contributed by atoms with E-state index in [1.807, 2.05) is 18.4 Å². The highest BCUT2D eigenvalue weighted by Gasteiger charge is 2.06. The SMILES string of the molecule is CCOc1ccc(NC(=O)c2cccs2)cn1. The number of nitrogens with one attached hydrogen (secondary N) is 1. The van der Waals surface area contributed by atoms with Crippen molar-refractivity contribution in [3.05, 3.63) is 40.7 Å². The van der Waals surface area contributed by atoms with Gasteiger partial charge in [-0.15, -0.1) is 11.3 Å². The van der Waals surface area contributed by atoms with E-state index in [9.17, 15) is 4.79 Å². The molecule has 0 radical (unpaired) electrons. The van der Waals surface area contributed by atoms with Gasteiger partial charge < -0.3 is 10.1 Å². The average Bonchev–Trinajstić information content (AvgIpc) is 2.86. The molecule has 2 aromatic heterocycles. The first-order valence-electron chi connectivity index (χ1n) is 5.23. The van der Waals surface area contributed by atoms with Crippen LogP contribution < -0.4 is 10.1 Å². The minimum atomic E-state index is -0.119. The van der Waals surface area contributed by atoms with Crippen molar-refractivity contribution < 1.29 is 9.53 Å². The standard InChI is InChI=1S/C12H12N2O2S/c1-2-16-11-6-5-9(8-13-11)14-12(15)10-4-3-7-17-10/h3-8H,2H2,1H3,(H,14,15). The summed E-state index contributed by atoms with van der Waals surface area (Å²) in [6, 6.07) is 7.12. The first-order valence-corrected chi connectivity index (χ1v) is 6.11. The van der Waals surface area contributed by atoms with Crippen molar-refractivity contribution in [1.29, 1.82) is 0 Å². The second-order valence-corrected chi connectivity index (χ2v) is 4.20. The van der Waals surface area contributed by atoms with Crippen LogP contribution in [-0.2, 0) is 0 Å². The van der Waals surface area contributed by atoms with Gasteiger partial charge in [0, 0.05) is 6.07 Å². The number of ether oxygens (including phenoxy) is 1. The largest absolute Gasteiger partial charge is 0.478 e. The lowest BCUT2D eigenvalue weighted by Gasteiger charge is -2.05. The van der Waals surface area contributed by atoms with Crippen molar-refractivity contribution in [1.82, 2.24) is 4.98 Å². The van der Waals surface area contributed by atoms with Gasteiger partial charge in [0.2, 0.25) is 5.88 Å². The number of rotatable bonds is 4. The van der Waals surface area contributed by atoms with E-state index in [-0.39, 0.29) is 5.91 Å². The maximum absolute atomic E-state index is 11.7. The number of anilines is 1. The summed E-state index contributed by atoms with van der Waals surface area (Å²) in [6.07, 6.45) is 1.58. The molecule has 4 nitrogen and oxygen atoms in total. The van der Waals surface area contributed by atoms with Crippen molar-refractivity contribution in [3.8, 4) is 5.88 Å². The number of aromatic nitrogens is 1. The van der Waals surface area contributed by atoms with E-state index >= 15 is 0 Å². The molecule has 0 fully saturated rings. The number of pyridine rings is 1. The molecule has 2 heterocycles. The quantitative estimate of drug-likeness (QED) is 0.905. The molecule has 17 heavy (non-hydrogen) atoms. The highest BCUT2D eigenvalue weighted by atomic mass is 32.1. The third-order valence-electron chi connectivity index (χ3n) is 2.03. The molecule has 0 aliphatic rings. The summed E-state index contributed by atoms with van der Waals surface area (Å²) in [4.78, 5) is 16.5. The molecule has 0 aromatic carbocycles. The first kappa shape index (κ1) is 11.6. The fourth-order valence-electron chi connectivity index (χ4n) is 1.29. The van der Waals surface area contributed by atoms with E-state index in [1.54, 1.807) is 24.4 Å². The van der Waals surface area contributed by atoms with Crippen molar-refractivity contribution in [2.75, 3.05) is 11.9 Å². The zero-order chi connectivity index (χ0) is 12.1. The Morgan fingerprint density at radius 3 is 2.94 bits per heavy atom. The predicted octanol–water partition coefficient (Wildman–Crippen LogP) is 2.79. The highest BCUT2D eigenvalue weighted by Crippen LogP contribution is 2.14. The van der Waals surface area contributed by atoms with Crippen LogP contribution in [0.1, 0.15) is 16.6 Å². The lowest BCUT2D eigenvalue weighted by atomic mass is 10.4. The summed E-state index contributed by atoms with van der Waals surface area (Å²) in [5, 5.41) is 4.63. The second kappa shape index (κ2) is 5.45. The number of nitrogens with zero attached hydrogens (tertiary/aromatic N) is 1. The molecule has 2 rings (SSSR count). The zero-order valence-electron chi connectivity index (χ0n) is 9.34. The maximum atomic E-state index is 11.7. The van der Waals surface area contributed by atoms with E-state index in [0.29, 0.717) is 23.1 Å². The first-order chi connectivity index (χ1) is 8.29. The van der Waals surface area contributed by atoms with E-state index < -0.39 is 0 Å². The third kappa shape index (κ3) is 3.04. The number of carbonyl (C=O) groups is 1. The van der Waals surface area contributed by atoms with Crippen LogP contribution in [0.2, 0.25) is 0 Å². The molecule has 0 saturated heterocycles. The average molecular weight is 248 g/mol. The van der Waals surface area contributed by atoms with Gasteiger partial charge in [0.25, 0.3) is 5.91 Å². The molecule has 0 aliphatic carbocycles. The lowest BCUT2D eigenvalue weighted by Crippen LogP contribution is -2.10. The van der Waals surface area contributed by atoms with Crippen molar-refractivity contribution in [3.63, 3.8) is 0 Å². The predicted molar refractivity (Wildman–Crippen MR) is 67.7 cm³/mol. The summed E-state index contributed by atoms with van der Waals surface area (Å²) in [5.74, 6) is 0.438. The number of hydrogen-bond acceptors (Lipinski definition) is 4. The Morgan fingerprint density at radius 1 is 1.47 bits per heavy atom. The molecule has 0 spiro atoms. The number of amides is 1. The fraction of sp³-hybridized carbons (Fsp3) is 0.167. The van der Waals surface area contributed by atoms with E-state index in [4.69, 9.17) is 4.74 Å². The van der Waals surface area contributed by atoms with Gasteiger partial charge >= 0.3 is 0 Å². The van der Waals surface area contributed by atoms with Crippen LogP contribution in [-0.4, -0.2) is 17.5 Å². The van der Waals surface area contributed by atoms with Gasteiger partial charge in [-0.1, -0.05) is 6.07 Å². The molecular formula is C12H12N2O2S. The van der Waals surface area contributed by atoms with Crippen LogP contribution in [0.4, 0.5) is 5.69 Å². The monoisotopic (exact) mass is 248 g/mol. The van der Waals surface area contributed by atoms with Crippen LogP contribution >= 0.6 is 11.3 Å². The van der Waals surface area contributed by atoms with Gasteiger partial charge in [-0.25, -0.2) is 4.98 Å². The van der Waals surface area contributed by atoms with Crippen LogP contribution in [0.3, 0.4) is 0 Å². The molecule has 1 N–H and O–H groups in total.